The third-order valence-electron chi connectivity index (χ3n) is 2.83. The van der Waals surface area contributed by atoms with Crippen LogP contribution in [0.1, 0.15) is 20.8 Å². The highest BCUT2D eigenvalue weighted by molar-refractivity contribution is 4.98. The maximum atomic E-state index is 9.72. The fourth-order valence-electron chi connectivity index (χ4n) is 1.92. The van der Waals surface area contributed by atoms with Crippen LogP contribution in [0.2, 0.25) is 0 Å². The van der Waals surface area contributed by atoms with E-state index in [2.05, 4.69) is 0 Å². The molecule has 0 saturated carbocycles. The van der Waals surface area contributed by atoms with Gasteiger partial charge in [0.1, 0.15) is 18.3 Å². The summed E-state index contributed by atoms with van der Waals surface area (Å²) >= 11 is 0. The van der Waals surface area contributed by atoms with Gasteiger partial charge in [0, 0.05) is 0 Å². The van der Waals surface area contributed by atoms with E-state index in [0.717, 1.165) is 0 Å². The normalized spacial score (nSPS) is 43.0. The smallest absolute Gasteiger partial charge is 0.110 e. The topological polar surface area (TPSA) is 95.9 Å². The highest BCUT2D eigenvalue weighted by Gasteiger charge is 2.46. The van der Waals surface area contributed by atoms with Crippen LogP contribution in [0.25, 0.3) is 0 Å². The van der Waals surface area contributed by atoms with E-state index in [1.165, 1.54) is 0 Å². The second-order valence-corrected chi connectivity index (χ2v) is 5.20. The summed E-state index contributed by atoms with van der Waals surface area (Å²) in [6.07, 6.45) is -3.32. The van der Waals surface area contributed by atoms with Gasteiger partial charge in [-0.05, 0) is 5.41 Å². The second-order valence-electron chi connectivity index (χ2n) is 5.20. The first-order valence-corrected chi connectivity index (χ1v) is 5.17. The van der Waals surface area contributed by atoms with Crippen molar-refractivity contribution in [2.45, 2.75) is 51.2 Å². The lowest BCUT2D eigenvalue weighted by atomic mass is 9.79. The van der Waals surface area contributed by atoms with E-state index < -0.39 is 24.4 Å². The summed E-state index contributed by atoms with van der Waals surface area (Å²) < 4.78 is 5.51. The molecule has 0 aromatic rings. The van der Waals surface area contributed by atoms with Gasteiger partial charge in [-0.25, -0.2) is 0 Å². The molecule has 1 aliphatic heterocycles. The van der Waals surface area contributed by atoms with Gasteiger partial charge in [0.2, 0.25) is 0 Å². The fraction of sp³-hybridized carbons (Fsp3) is 1.00. The molecule has 90 valence electrons. The van der Waals surface area contributed by atoms with Gasteiger partial charge in [0.15, 0.2) is 0 Å². The average molecular weight is 219 g/mol. The molecule has 1 unspecified atom stereocenters. The molecule has 0 aliphatic carbocycles. The molecule has 5 atom stereocenters. The van der Waals surface area contributed by atoms with Crippen LogP contribution in [0.4, 0.5) is 0 Å². The molecule has 0 radical (unpaired) electrons. The number of ether oxygens (including phenoxy) is 1. The van der Waals surface area contributed by atoms with Crippen LogP contribution in [0.3, 0.4) is 0 Å². The summed E-state index contributed by atoms with van der Waals surface area (Å²) in [5.41, 5.74) is 5.56. The lowest BCUT2D eigenvalue weighted by molar-refractivity contribution is -0.211. The van der Waals surface area contributed by atoms with Crippen molar-refractivity contribution in [1.29, 1.82) is 0 Å². The lowest BCUT2D eigenvalue weighted by Crippen LogP contribution is -2.64. The predicted molar refractivity (Wildman–Crippen MR) is 55.2 cm³/mol. The van der Waals surface area contributed by atoms with Crippen LogP contribution in [0.15, 0.2) is 0 Å². The standard InChI is InChI=1S/C10H21NO4/c1-10(2,3)9-6(11)8(14)7(13)5(4-12)15-9/h5-9,12-14H,4,11H2,1-3H3/t5-,6-,7-,8-,9?/m1/s1. The van der Waals surface area contributed by atoms with Gasteiger partial charge in [-0.1, -0.05) is 20.8 Å². The van der Waals surface area contributed by atoms with Crippen molar-refractivity contribution in [2.75, 3.05) is 6.61 Å². The Kier molecular flexibility index (Phi) is 3.73. The first-order chi connectivity index (χ1) is 6.79. The number of nitrogens with two attached hydrogens (primary N) is 1. The molecule has 1 saturated heterocycles. The maximum Gasteiger partial charge on any atom is 0.110 e. The Balaban J connectivity index is 2.83. The molecular formula is C10H21NO4. The van der Waals surface area contributed by atoms with Crippen LogP contribution < -0.4 is 5.73 Å². The van der Waals surface area contributed by atoms with Gasteiger partial charge in [0.25, 0.3) is 0 Å². The van der Waals surface area contributed by atoms with Gasteiger partial charge in [-0.15, -0.1) is 0 Å². The highest BCUT2D eigenvalue weighted by Crippen LogP contribution is 2.31. The third kappa shape index (κ3) is 2.49. The fourth-order valence-corrected chi connectivity index (χ4v) is 1.92. The lowest BCUT2D eigenvalue weighted by Gasteiger charge is -2.46. The summed E-state index contributed by atoms with van der Waals surface area (Å²) in [6.45, 7) is 5.50. The molecule has 1 fully saturated rings. The van der Waals surface area contributed by atoms with E-state index in [-0.39, 0.29) is 18.1 Å². The van der Waals surface area contributed by atoms with Crippen molar-refractivity contribution >= 4 is 0 Å². The molecule has 0 bridgehead atoms. The molecule has 5 nitrogen and oxygen atoms in total. The van der Waals surface area contributed by atoms with E-state index in [1.54, 1.807) is 0 Å². The van der Waals surface area contributed by atoms with Crippen molar-refractivity contribution in [1.82, 2.24) is 0 Å². The molecule has 0 aromatic heterocycles. The minimum absolute atomic E-state index is 0.242. The maximum absolute atomic E-state index is 9.72. The van der Waals surface area contributed by atoms with E-state index >= 15 is 0 Å². The van der Waals surface area contributed by atoms with Crippen LogP contribution in [-0.2, 0) is 4.74 Å². The number of rotatable bonds is 1. The zero-order valence-corrected chi connectivity index (χ0v) is 9.42. The molecule has 1 aliphatic rings. The molecule has 0 aromatic carbocycles. The quantitative estimate of drug-likeness (QED) is 0.446. The zero-order valence-electron chi connectivity index (χ0n) is 9.42. The highest BCUT2D eigenvalue weighted by atomic mass is 16.5. The van der Waals surface area contributed by atoms with Crippen molar-refractivity contribution < 1.29 is 20.1 Å². The molecule has 1 rings (SSSR count). The van der Waals surface area contributed by atoms with E-state index in [0.29, 0.717) is 0 Å². The molecule has 15 heavy (non-hydrogen) atoms. The van der Waals surface area contributed by atoms with E-state index in [1.807, 2.05) is 20.8 Å². The largest absolute Gasteiger partial charge is 0.394 e. The predicted octanol–water partition coefficient (Wildman–Crippen LogP) is -1.16. The van der Waals surface area contributed by atoms with Crippen molar-refractivity contribution in [3.05, 3.63) is 0 Å². The summed E-state index contributed by atoms with van der Waals surface area (Å²) in [6, 6.07) is -0.636. The summed E-state index contributed by atoms with van der Waals surface area (Å²) in [5.74, 6) is 0. The summed E-state index contributed by atoms with van der Waals surface area (Å²) in [7, 11) is 0. The van der Waals surface area contributed by atoms with Crippen molar-refractivity contribution in [3.8, 4) is 0 Å². The molecular weight excluding hydrogens is 198 g/mol. The number of aliphatic hydroxyl groups excluding tert-OH is 3. The number of hydrogen-bond acceptors (Lipinski definition) is 5. The van der Waals surface area contributed by atoms with E-state index in [9.17, 15) is 10.2 Å². The third-order valence-corrected chi connectivity index (χ3v) is 2.83. The van der Waals surface area contributed by atoms with Gasteiger partial charge in [-0.2, -0.15) is 0 Å². The van der Waals surface area contributed by atoms with Crippen LogP contribution in [0.5, 0.6) is 0 Å². The van der Waals surface area contributed by atoms with Crippen LogP contribution in [0, 0.1) is 5.41 Å². The van der Waals surface area contributed by atoms with E-state index in [4.69, 9.17) is 15.6 Å². The SMILES string of the molecule is CC(C)(C)C1O[C@H](CO)[C@@H](O)[C@H](O)[C@H]1N. The molecule has 0 amide bonds. The summed E-state index contributed by atoms with van der Waals surface area (Å²) in [4.78, 5) is 0. The Bertz CT molecular complexity index is 214. The molecule has 0 spiro atoms. The minimum atomic E-state index is -1.12. The van der Waals surface area contributed by atoms with Crippen molar-refractivity contribution in [3.63, 3.8) is 0 Å². The Morgan fingerprint density at radius 2 is 1.73 bits per heavy atom. The van der Waals surface area contributed by atoms with Crippen LogP contribution >= 0.6 is 0 Å². The van der Waals surface area contributed by atoms with Gasteiger partial charge >= 0.3 is 0 Å². The van der Waals surface area contributed by atoms with Gasteiger partial charge in [-0.3, -0.25) is 0 Å². The first-order valence-electron chi connectivity index (χ1n) is 5.17. The van der Waals surface area contributed by atoms with Crippen LogP contribution in [-0.4, -0.2) is 52.4 Å². The monoisotopic (exact) mass is 219 g/mol. The zero-order chi connectivity index (χ0) is 11.8. The average Bonchev–Trinajstić information content (AvgIpc) is 2.13. The molecule has 5 N–H and O–H groups in total. The molecule has 5 heteroatoms. The number of aliphatic hydroxyl groups is 3. The Morgan fingerprint density at radius 1 is 1.20 bits per heavy atom. The van der Waals surface area contributed by atoms with Crippen molar-refractivity contribution in [2.24, 2.45) is 11.1 Å². The Hall–Kier alpha value is -0.200. The molecule has 1 heterocycles. The minimum Gasteiger partial charge on any atom is -0.394 e. The second kappa shape index (κ2) is 4.35. The van der Waals surface area contributed by atoms with Gasteiger partial charge < -0.3 is 25.8 Å². The Labute approximate surface area is 89.9 Å². The number of hydrogen-bond donors (Lipinski definition) is 4. The first kappa shape index (κ1) is 12.9. The summed E-state index contributed by atoms with van der Waals surface area (Å²) in [5, 5.41) is 28.3. The Morgan fingerprint density at radius 3 is 2.13 bits per heavy atom. The van der Waals surface area contributed by atoms with Gasteiger partial charge in [0.05, 0.1) is 18.8 Å².